The molecule has 21 heavy (non-hydrogen) atoms. The molecule has 0 amide bonds. The van der Waals surface area contributed by atoms with Crippen molar-refractivity contribution in [1.29, 1.82) is 0 Å². The van der Waals surface area contributed by atoms with Gasteiger partial charge in [-0.2, -0.15) is 4.98 Å². The molecule has 2 N–H and O–H groups in total. The number of fused-ring (bicyclic) bond motifs is 1. The van der Waals surface area contributed by atoms with Crippen LogP contribution < -0.4 is 5.73 Å². The zero-order valence-electron chi connectivity index (χ0n) is 12.4. The third-order valence-corrected chi connectivity index (χ3v) is 3.80. The number of rotatable bonds is 3. The maximum Gasteiger partial charge on any atom is 0.246 e. The lowest BCUT2D eigenvalue weighted by Crippen LogP contribution is -2.32. The molecule has 0 aliphatic rings. The maximum atomic E-state index is 6.13. The van der Waals surface area contributed by atoms with Crippen LogP contribution >= 0.6 is 0 Å². The zero-order chi connectivity index (χ0) is 15.0. The van der Waals surface area contributed by atoms with Gasteiger partial charge in [0.05, 0.1) is 11.1 Å². The average molecular weight is 282 g/mol. The number of nitrogens with zero attached hydrogens (tertiary/aromatic N) is 3. The molecule has 0 saturated heterocycles. The highest BCUT2D eigenvalue weighted by molar-refractivity contribution is 5.84. The van der Waals surface area contributed by atoms with Crippen LogP contribution in [0.1, 0.15) is 31.7 Å². The van der Waals surface area contributed by atoms with Crippen molar-refractivity contribution in [2.45, 2.75) is 32.7 Å². The maximum absolute atomic E-state index is 6.13. The molecule has 1 unspecified atom stereocenters. The van der Waals surface area contributed by atoms with Crippen molar-refractivity contribution in [2.24, 2.45) is 5.73 Å². The Labute approximate surface area is 123 Å². The molecule has 0 bridgehead atoms. The molecule has 0 aliphatic carbocycles. The smallest absolute Gasteiger partial charge is 0.246 e. The topological polar surface area (TPSA) is 77.8 Å². The molecule has 5 nitrogen and oxygen atoms in total. The SMILES string of the molecule is CCC(C)(N)c1nc(-c2cc(C)c3ccccc3n2)no1. The van der Waals surface area contributed by atoms with Crippen LogP contribution in [0.5, 0.6) is 0 Å². The Bertz CT molecular complexity index is 792. The van der Waals surface area contributed by atoms with E-state index in [4.69, 9.17) is 10.3 Å². The first kappa shape index (κ1) is 13.7. The summed E-state index contributed by atoms with van der Waals surface area (Å²) in [6, 6.07) is 9.97. The van der Waals surface area contributed by atoms with Gasteiger partial charge in [0.15, 0.2) is 0 Å². The minimum Gasteiger partial charge on any atom is -0.337 e. The number of nitrogens with two attached hydrogens (primary N) is 1. The Balaban J connectivity index is 2.09. The molecule has 5 heteroatoms. The summed E-state index contributed by atoms with van der Waals surface area (Å²) in [5.41, 5.74) is 8.27. The molecular weight excluding hydrogens is 264 g/mol. The van der Waals surface area contributed by atoms with Gasteiger partial charge < -0.3 is 10.3 Å². The van der Waals surface area contributed by atoms with Crippen molar-refractivity contribution in [3.8, 4) is 11.5 Å². The van der Waals surface area contributed by atoms with Crippen molar-refractivity contribution < 1.29 is 4.52 Å². The second-order valence-electron chi connectivity index (χ2n) is 5.54. The van der Waals surface area contributed by atoms with E-state index in [2.05, 4.69) is 21.2 Å². The first-order chi connectivity index (χ1) is 10.0. The van der Waals surface area contributed by atoms with E-state index in [-0.39, 0.29) is 0 Å². The van der Waals surface area contributed by atoms with Gasteiger partial charge in [-0.3, -0.25) is 0 Å². The molecular formula is C16H18N4O. The fraction of sp³-hybridized carbons (Fsp3) is 0.312. The van der Waals surface area contributed by atoms with E-state index >= 15 is 0 Å². The van der Waals surface area contributed by atoms with Gasteiger partial charge in [-0.15, -0.1) is 0 Å². The highest BCUT2D eigenvalue weighted by Crippen LogP contribution is 2.25. The van der Waals surface area contributed by atoms with E-state index < -0.39 is 5.54 Å². The van der Waals surface area contributed by atoms with Gasteiger partial charge >= 0.3 is 0 Å². The van der Waals surface area contributed by atoms with Crippen LogP contribution in [-0.4, -0.2) is 15.1 Å². The minimum absolute atomic E-state index is 0.438. The molecule has 0 spiro atoms. The number of aromatic nitrogens is 3. The van der Waals surface area contributed by atoms with Crippen LogP contribution in [-0.2, 0) is 5.54 Å². The van der Waals surface area contributed by atoms with E-state index in [0.29, 0.717) is 17.4 Å². The van der Waals surface area contributed by atoms with Crippen LogP contribution in [0.4, 0.5) is 0 Å². The molecule has 0 saturated carbocycles. The fourth-order valence-electron chi connectivity index (χ4n) is 2.17. The second-order valence-corrected chi connectivity index (χ2v) is 5.54. The predicted molar refractivity (Wildman–Crippen MR) is 81.6 cm³/mol. The monoisotopic (exact) mass is 282 g/mol. The molecule has 0 fully saturated rings. The summed E-state index contributed by atoms with van der Waals surface area (Å²) in [6.07, 6.45) is 0.721. The average Bonchev–Trinajstić information content (AvgIpc) is 2.98. The summed E-state index contributed by atoms with van der Waals surface area (Å²) < 4.78 is 5.30. The number of benzene rings is 1. The molecule has 2 aromatic heterocycles. The lowest BCUT2D eigenvalue weighted by atomic mass is 10.0. The van der Waals surface area contributed by atoms with E-state index in [1.165, 1.54) is 0 Å². The molecule has 3 aromatic rings. The normalized spacial score (nSPS) is 14.3. The van der Waals surface area contributed by atoms with Crippen molar-refractivity contribution in [1.82, 2.24) is 15.1 Å². The minimum atomic E-state index is -0.614. The summed E-state index contributed by atoms with van der Waals surface area (Å²) in [4.78, 5) is 9.01. The van der Waals surface area contributed by atoms with Gasteiger partial charge in [0.25, 0.3) is 0 Å². The van der Waals surface area contributed by atoms with Gasteiger partial charge in [0.2, 0.25) is 11.7 Å². The summed E-state index contributed by atoms with van der Waals surface area (Å²) in [7, 11) is 0. The third kappa shape index (κ3) is 2.40. The Hall–Kier alpha value is -2.27. The van der Waals surface area contributed by atoms with Crippen molar-refractivity contribution >= 4 is 10.9 Å². The van der Waals surface area contributed by atoms with E-state index in [0.717, 1.165) is 22.9 Å². The standard InChI is InChI=1S/C16H18N4O/c1-4-16(3,17)15-19-14(20-21-15)13-9-10(2)11-7-5-6-8-12(11)18-13/h5-9H,4,17H2,1-3H3. The van der Waals surface area contributed by atoms with E-state index in [9.17, 15) is 0 Å². The Morgan fingerprint density at radius 3 is 2.76 bits per heavy atom. The van der Waals surface area contributed by atoms with Crippen molar-refractivity contribution in [3.63, 3.8) is 0 Å². The predicted octanol–water partition coefficient (Wildman–Crippen LogP) is 3.18. The van der Waals surface area contributed by atoms with E-state index in [1.54, 1.807) is 0 Å². The summed E-state index contributed by atoms with van der Waals surface area (Å²) in [5, 5.41) is 5.15. The summed E-state index contributed by atoms with van der Waals surface area (Å²) in [6.45, 7) is 5.92. The number of aryl methyl sites for hydroxylation is 1. The molecule has 0 radical (unpaired) electrons. The van der Waals surface area contributed by atoms with Crippen LogP contribution in [0.25, 0.3) is 22.4 Å². The largest absolute Gasteiger partial charge is 0.337 e. The van der Waals surface area contributed by atoms with Crippen LogP contribution in [0.3, 0.4) is 0 Å². The van der Waals surface area contributed by atoms with Crippen molar-refractivity contribution in [2.75, 3.05) is 0 Å². The Morgan fingerprint density at radius 2 is 2.00 bits per heavy atom. The fourth-order valence-corrected chi connectivity index (χ4v) is 2.17. The number of hydrogen-bond donors (Lipinski definition) is 1. The zero-order valence-corrected chi connectivity index (χ0v) is 12.4. The Morgan fingerprint density at radius 1 is 1.24 bits per heavy atom. The van der Waals surface area contributed by atoms with Gasteiger partial charge in [0, 0.05) is 5.39 Å². The second kappa shape index (κ2) is 4.93. The lowest BCUT2D eigenvalue weighted by molar-refractivity contribution is 0.291. The molecule has 0 aliphatic heterocycles. The third-order valence-electron chi connectivity index (χ3n) is 3.80. The Kier molecular flexibility index (Phi) is 3.22. The highest BCUT2D eigenvalue weighted by atomic mass is 16.5. The van der Waals surface area contributed by atoms with Crippen LogP contribution in [0.2, 0.25) is 0 Å². The number of para-hydroxylation sites is 1. The molecule has 108 valence electrons. The molecule has 3 rings (SSSR count). The quantitative estimate of drug-likeness (QED) is 0.798. The molecule has 1 aromatic carbocycles. The van der Waals surface area contributed by atoms with Crippen LogP contribution in [0.15, 0.2) is 34.9 Å². The number of hydrogen-bond acceptors (Lipinski definition) is 5. The van der Waals surface area contributed by atoms with Crippen LogP contribution in [0, 0.1) is 6.92 Å². The van der Waals surface area contributed by atoms with Gasteiger partial charge in [-0.25, -0.2) is 4.98 Å². The summed E-state index contributed by atoms with van der Waals surface area (Å²) in [5.74, 6) is 0.914. The lowest BCUT2D eigenvalue weighted by Gasteiger charge is -2.16. The molecule has 1 atom stereocenters. The highest BCUT2D eigenvalue weighted by Gasteiger charge is 2.26. The summed E-state index contributed by atoms with van der Waals surface area (Å²) >= 11 is 0. The van der Waals surface area contributed by atoms with Crippen molar-refractivity contribution in [3.05, 3.63) is 41.8 Å². The number of pyridine rings is 1. The van der Waals surface area contributed by atoms with E-state index in [1.807, 2.05) is 45.0 Å². The van der Waals surface area contributed by atoms with Gasteiger partial charge in [-0.05, 0) is 38.0 Å². The van der Waals surface area contributed by atoms with Gasteiger partial charge in [-0.1, -0.05) is 30.3 Å². The first-order valence-corrected chi connectivity index (χ1v) is 7.01. The molecule has 2 heterocycles. The van der Waals surface area contributed by atoms with Gasteiger partial charge in [0.1, 0.15) is 5.69 Å². The first-order valence-electron chi connectivity index (χ1n) is 7.01.